The minimum atomic E-state index is 0.106. The number of amides is 1. The molecule has 0 aromatic heterocycles. The molecule has 0 radical (unpaired) electrons. The molecule has 4 rings (SSSR count). The summed E-state index contributed by atoms with van der Waals surface area (Å²) in [5.74, 6) is 1.77. The van der Waals surface area contributed by atoms with Crippen molar-refractivity contribution in [3.05, 3.63) is 0 Å². The number of carbonyl (C=O) groups excluding carboxylic acids is 1. The van der Waals surface area contributed by atoms with Gasteiger partial charge in [-0.15, -0.1) is 0 Å². The van der Waals surface area contributed by atoms with Crippen molar-refractivity contribution in [3.8, 4) is 0 Å². The van der Waals surface area contributed by atoms with Gasteiger partial charge in [0.2, 0.25) is 5.91 Å². The van der Waals surface area contributed by atoms with Crippen LogP contribution in [0.4, 0.5) is 0 Å². The Hall–Kier alpha value is -0.570. The smallest absolute Gasteiger partial charge is 0.217 e. The first-order chi connectivity index (χ1) is 7.55. The Morgan fingerprint density at radius 2 is 1.94 bits per heavy atom. The lowest BCUT2D eigenvalue weighted by Gasteiger charge is -2.62. The second kappa shape index (κ2) is 3.22. The summed E-state index contributed by atoms with van der Waals surface area (Å²) in [6.07, 6.45) is 7.52. The van der Waals surface area contributed by atoms with Crippen molar-refractivity contribution in [1.82, 2.24) is 5.32 Å². The molecular weight excluding hydrogens is 200 g/mol. The molecule has 0 aromatic rings. The largest absolute Gasteiger partial charge is 0.351 e. The standard InChI is InChI=1S/C13H22N2O/c1-9(16)15-13-5-10-2-11(6-13)4-12(3-10,7-13)8-14/h10-11H,2-8,14H2,1H3,(H,15,16). The third-order valence-electron chi connectivity index (χ3n) is 5.06. The normalized spacial score (nSPS) is 49.4. The van der Waals surface area contributed by atoms with Crippen molar-refractivity contribution in [2.45, 2.75) is 51.0 Å². The summed E-state index contributed by atoms with van der Waals surface area (Å²) in [5.41, 5.74) is 6.46. The first-order valence-electron chi connectivity index (χ1n) is 6.54. The summed E-state index contributed by atoms with van der Waals surface area (Å²) in [7, 11) is 0. The van der Waals surface area contributed by atoms with E-state index < -0.39 is 0 Å². The van der Waals surface area contributed by atoms with Gasteiger partial charge in [-0.3, -0.25) is 4.79 Å². The number of nitrogens with two attached hydrogens (primary N) is 1. The second-order valence-corrected chi connectivity index (χ2v) is 6.63. The third kappa shape index (κ3) is 1.48. The van der Waals surface area contributed by atoms with E-state index in [-0.39, 0.29) is 11.4 Å². The summed E-state index contributed by atoms with van der Waals surface area (Å²) in [6, 6.07) is 0. The molecule has 0 saturated heterocycles. The highest BCUT2D eigenvalue weighted by molar-refractivity contribution is 5.74. The molecule has 3 N–H and O–H groups in total. The van der Waals surface area contributed by atoms with Gasteiger partial charge in [-0.05, 0) is 62.3 Å². The van der Waals surface area contributed by atoms with Crippen LogP contribution in [0.2, 0.25) is 0 Å². The van der Waals surface area contributed by atoms with Gasteiger partial charge in [-0.25, -0.2) is 0 Å². The number of rotatable bonds is 2. The van der Waals surface area contributed by atoms with Crippen LogP contribution >= 0.6 is 0 Å². The van der Waals surface area contributed by atoms with Gasteiger partial charge < -0.3 is 11.1 Å². The first-order valence-corrected chi connectivity index (χ1v) is 6.54. The van der Waals surface area contributed by atoms with Crippen molar-refractivity contribution in [2.75, 3.05) is 6.54 Å². The van der Waals surface area contributed by atoms with Crippen LogP contribution in [-0.4, -0.2) is 18.0 Å². The van der Waals surface area contributed by atoms with E-state index in [9.17, 15) is 4.79 Å². The van der Waals surface area contributed by atoms with Crippen LogP contribution in [0.15, 0.2) is 0 Å². The van der Waals surface area contributed by atoms with Gasteiger partial charge in [0.05, 0.1) is 0 Å². The molecular formula is C13H22N2O. The molecule has 3 nitrogen and oxygen atoms in total. The van der Waals surface area contributed by atoms with E-state index in [4.69, 9.17) is 5.73 Å². The van der Waals surface area contributed by atoms with Crippen LogP contribution in [0.3, 0.4) is 0 Å². The van der Waals surface area contributed by atoms with E-state index in [1.54, 1.807) is 6.92 Å². The maximum Gasteiger partial charge on any atom is 0.217 e. The highest BCUT2D eigenvalue weighted by Crippen LogP contribution is 2.61. The Morgan fingerprint density at radius 1 is 1.31 bits per heavy atom. The minimum Gasteiger partial charge on any atom is -0.351 e. The maximum absolute atomic E-state index is 11.4. The Kier molecular flexibility index (Phi) is 2.13. The lowest BCUT2D eigenvalue weighted by Crippen LogP contribution is -2.64. The van der Waals surface area contributed by atoms with E-state index in [2.05, 4.69) is 5.32 Å². The van der Waals surface area contributed by atoms with Gasteiger partial charge in [0.15, 0.2) is 0 Å². The molecule has 4 bridgehead atoms. The van der Waals surface area contributed by atoms with Crippen molar-refractivity contribution in [3.63, 3.8) is 0 Å². The molecule has 4 saturated carbocycles. The molecule has 4 fully saturated rings. The van der Waals surface area contributed by atoms with Gasteiger partial charge in [0.25, 0.3) is 0 Å². The first kappa shape index (κ1) is 10.6. The fraction of sp³-hybridized carbons (Fsp3) is 0.923. The van der Waals surface area contributed by atoms with Gasteiger partial charge in [-0.2, -0.15) is 0 Å². The summed E-state index contributed by atoms with van der Waals surface area (Å²) in [6.45, 7) is 2.45. The summed E-state index contributed by atoms with van der Waals surface area (Å²) >= 11 is 0. The number of hydrogen-bond donors (Lipinski definition) is 2. The Morgan fingerprint density at radius 3 is 2.44 bits per heavy atom. The molecule has 4 aliphatic carbocycles. The highest BCUT2D eigenvalue weighted by Gasteiger charge is 2.57. The zero-order valence-corrected chi connectivity index (χ0v) is 10.1. The van der Waals surface area contributed by atoms with Gasteiger partial charge >= 0.3 is 0 Å². The number of carbonyl (C=O) groups is 1. The van der Waals surface area contributed by atoms with E-state index >= 15 is 0 Å². The summed E-state index contributed by atoms with van der Waals surface area (Å²) < 4.78 is 0. The predicted molar refractivity (Wildman–Crippen MR) is 62.7 cm³/mol. The monoisotopic (exact) mass is 222 g/mol. The molecule has 2 unspecified atom stereocenters. The minimum absolute atomic E-state index is 0.106. The van der Waals surface area contributed by atoms with E-state index in [1.165, 1.54) is 32.1 Å². The molecule has 0 aromatic carbocycles. The van der Waals surface area contributed by atoms with E-state index in [0.29, 0.717) is 5.41 Å². The van der Waals surface area contributed by atoms with Crippen molar-refractivity contribution >= 4 is 5.91 Å². The Balaban J connectivity index is 1.89. The fourth-order valence-corrected chi connectivity index (χ4v) is 5.21. The molecule has 0 spiro atoms. The van der Waals surface area contributed by atoms with Crippen LogP contribution in [-0.2, 0) is 4.79 Å². The highest BCUT2D eigenvalue weighted by atomic mass is 16.1. The Bertz CT molecular complexity index is 312. The number of nitrogens with one attached hydrogen (secondary N) is 1. The second-order valence-electron chi connectivity index (χ2n) is 6.63. The molecule has 3 heteroatoms. The van der Waals surface area contributed by atoms with Crippen molar-refractivity contribution in [1.29, 1.82) is 0 Å². The molecule has 90 valence electrons. The van der Waals surface area contributed by atoms with Gasteiger partial charge in [-0.1, -0.05) is 0 Å². The lowest BCUT2D eigenvalue weighted by atomic mass is 9.47. The van der Waals surface area contributed by atoms with Gasteiger partial charge in [0.1, 0.15) is 0 Å². The molecule has 2 atom stereocenters. The average molecular weight is 222 g/mol. The van der Waals surface area contributed by atoms with Crippen LogP contribution in [0.25, 0.3) is 0 Å². The number of hydrogen-bond acceptors (Lipinski definition) is 2. The predicted octanol–water partition coefficient (Wildman–Crippen LogP) is 1.42. The van der Waals surface area contributed by atoms with Crippen LogP contribution in [0, 0.1) is 17.3 Å². The van der Waals surface area contributed by atoms with Gasteiger partial charge in [0, 0.05) is 12.5 Å². The molecule has 16 heavy (non-hydrogen) atoms. The maximum atomic E-state index is 11.4. The van der Waals surface area contributed by atoms with Crippen LogP contribution in [0.5, 0.6) is 0 Å². The van der Waals surface area contributed by atoms with Crippen LogP contribution < -0.4 is 11.1 Å². The van der Waals surface area contributed by atoms with Crippen molar-refractivity contribution < 1.29 is 4.79 Å². The van der Waals surface area contributed by atoms with Crippen molar-refractivity contribution in [2.24, 2.45) is 23.0 Å². The fourth-order valence-electron chi connectivity index (χ4n) is 5.21. The zero-order chi connectivity index (χ0) is 11.4. The van der Waals surface area contributed by atoms with Crippen LogP contribution in [0.1, 0.15) is 45.4 Å². The average Bonchev–Trinajstić information content (AvgIpc) is 2.13. The third-order valence-corrected chi connectivity index (χ3v) is 5.06. The molecule has 0 heterocycles. The molecule has 4 aliphatic rings. The quantitative estimate of drug-likeness (QED) is 0.742. The summed E-state index contributed by atoms with van der Waals surface area (Å²) in [5, 5.41) is 3.25. The SMILES string of the molecule is CC(=O)NC12CC3CC(CC(CN)(C3)C1)C2. The Labute approximate surface area is 97.2 Å². The molecule has 0 aliphatic heterocycles. The molecule has 1 amide bonds. The summed E-state index contributed by atoms with van der Waals surface area (Å²) in [4.78, 5) is 11.4. The lowest BCUT2D eigenvalue weighted by molar-refractivity contribution is -0.128. The topological polar surface area (TPSA) is 55.1 Å². The van der Waals surface area contributed by atoms with E-state index in [1.807, 2.05) is 0 Å². The van der Waals surface area contributed by atoms with E-state index in [0.717, 1.165) is 24.8 Å². The zero-order valence-electron chi connectivity index (χ0n) is 10.1.